The number of nitrogens with one attached hydrogen (secondary N) is 2. The van der Waals surface area contributed by atoms with E-state index in [1.54, 1.807) is 0 Å². The second-order valence-electron chi connectivity index (χ2n) is 7.49. The van der Waals surface area contributed by atoms with Crippen LogP contribution in [-0.2, 0) is 14.4 Å². The molecule has 2 N–H and O–H groups in total. The Kier molecular flexibility index (Phi) is 16.1. The molecule has 0 aromatic carbocycles. The fraction of sp³-hybridized carbons (Fsp3) is 0.857. The summed E-state index contributed by atoms with van der Waals surface area (Å²) in [5, 5.41) is 5.30. The molecule has 0 rings (SSSR count). The predicted octanol–water partition coefficient (Wildman–Crippen LogP) is 4.14. The molecule has 0 aliphatic rings. The normalized spacial score (nSPS) is 12.0. The lowest BCUT2D eigenvalue weighted by Crippen LogP contribution is -2.50. The highest BCUT2D eigenvalue weighted by molar-refractivity contribution is 5.88. The van der Waals surface area contributed by atoms with Gasteiger partial charge in [-0.2, -0.15) is 0 Å². The van der Waals surface area contributed by atoms with Gasteiger partial charge >= 0.3 is 0 Å². The zero-order valence-electron chi connectivity index (χ0n) is 17.1. The maximum Gasteiger partial charge on any atom is 0.243 e. The first kappa shape index (κ1) is 24.6. The molecule has 0 aliphatic heterocycles. The van der Waals surface area contributed by atoms with Crippen molar-refractivity contribution in [1.29, 1.82) is 0 Å². The molecule has 0 bridgehead atoms. The Bertz CT molecular complexity index is 383. The van der Waals surface area contributed by atoms with Crippen molar-refractivity contribution in [1.82, 2.24) is 10.6 Å². The van der Waals surface area contributed by atoms with Crippen LogP contribution in [0.3, 0.4) is 0 Å². The van der Waals surface area contributed by atoms with Crippen molar-refractivity contribution >= 4 is 18.1 Å². The molecule has 0 aliphatic carbocycles. The first-order valence-corrected chi connectivity index (χ1v) is 10.5. The Morgan fingerprint density at radius 1 is 0.846 bits per heavy atom. The van der Waals surface area contributed by atoms with Crippen LogP contribution >= 0.6 is 0 Å². The van der Waals surface area contributed by atoms with Crippen LogP contribution in [0.2, 0.25) is 0 Å². The molecular formula is C21H40N2O3. The fourth-order valence-corrected chi connectivity index (χ4v) is 2.98. The van der Waals surface area contributed by atoms with Crippen LogP contribution in [0.4, 0.5) is 0 Å². The summed E-state index contributed by atoms with van der Waals surface area (Å²) in [6, 6.07) is -0.574. The lowest BCUT2D eigenvalue weighted by molar-refractivity contribution is -0.130. The minimum absolute atomic E-state index is 0.0112. The molecule has 5 heteroatoms. The van der Waals surface area contributed by atoms with E-state index in [0.29, 0.717) is 12.7 Å². The number of unbranched alkanes of at least 4 members (excludes halogenated alkanes) is 10. The third-order valence-electron chi connectivity index (χ3n) is 4.63. The molecule has 0 saturated carbocycles. The Morgan fingerprint density at radius 2 is 1.35 bits per heavy atom. The van der Waals surface area contributed by atoms with E-state index >= 15 is 0 Å². The Morgan fingerprint density at radius 3 is 1.81 bits per heavy atom. The minimum atomic E-state index is -0.574. The van der Waals surface area contributed by atoms with Crippen LogP contribution in [0.15, 0.2) is 0 Å². The van der Waals surface area contributed by atoms with E-state index in [4.69, 9.17) is 0 Å². The second-order valence-corrected chi connectivity index (χ2v) is 7.49. The summed E-state index contributed by atoms with van der Waals surface area (Å²) in [4.78, 5) is 34.3. The van der Waals surface area contributed by atoms with Crippen LogP contribution in [-0.4, -0.2) is 30.7 Å². The fourth-order valence-electron chi connectivity index (χ4n) is 2.98. The number of carbonyl (C=O) groups is 3. The number of amides is 2. The van der Waals surface area contributed by atoms with Gasteiger partial charge in [-0.25, -0.2) is 0 Å². The van der Waals surface area contributed by atoms with Gasteiger partial charge in [-0.1, -0.05) is 85.0 Å². The molecule has 0 saturated heterocycles. The second kappa shape index (κ2) is 17.0. The molecule has 0 aromatic rings. The molecule has 0 aromatic heterocycles. The minimum Gasteiger partial charge on any atom is -0.348 e. The van der Waals surface area contributed by atoms with Gasteiger partial charge in [-0.15, -0.1) is 0 Å². The average molecular weight is 369 g/mol. The lowest BCUT2D eigenvalue weighted by Gasteiger charge is -2.21. The first-order chi connectivity index (χ1) is 12.5. The van der Waals surface area contributed by atoms with E-state index in [0.717, 1.165) is 12.8 Å². The van der Waals surface area contributed by atoms with Crippen LogP contribution in [0, 0.1) is 5.92 Å². The Labute approximate surface area is 160 Å². The zero-order valence-corrected chi connectivity index (χ0v) is 17.1. The Hall–Kier alpha value is -1.39. The van der Waals surface area contributed by atoms with Gasteiger partial charge in [-0.05, 0) is 12.3 Å². The summed E-state index contributed by atoms with van der Waals surface area (Å²) in [5.41, 5.74) is 0. The van der Waals surface area contributed by atoms with Gasteiger partial charge in [0, 0.05) is 6.42 Å². The molecule has 0 heterocycles. The van der Waals surface area contributed by atoms with Gasteiger partial charge < -0.3 is 15.4 Å². The van der Waals surface area contributed by atoms with Gasteiger partial charge in [-0.3, -0.25) is 9.59 Å². The van der Waals surface area contributed by atoms with Gasteiger partial charge in [0.25, 0.3) is 0 Å². The SMILES string of the molecule is CCCCCCCCCCCCCC(=O)N[C@H](C(=O)NCC=O)C(C)C. The van der Waals surface area contributed by atoms with Crippen molar-refractivity contribution in [3.8, 4) is 0 Å². The highest BCUT2D eigenvalue weighted by Crippen LogP contribution is 2.12. The third-order valence-corrected chi connectivity index (χ3v) is 4.63. The van der Waals surface area contributed by atoms with Crippen LogP contribution < -0.4 is 10.6 Å². The van der Waals surface area contributed by atoms with Crippen LogP contribution in [0.1, 0.15) is 97.8 Å². The quantitative estimate of drug-likeness (QED) is 0.299. The smallest absolute Gasteiger partial charge is 0.243 e. The summed E-state index contributed by atoms with van der Waals surface area (Å²) in [6.45, 7) is 5.99. The van der Waals surface area contributed by atoms with Gasteiger partial charge in [0.1, 0.15) is 12.3 Å². The molecule has 1 atom stereocenters. The van der Waals surface area contributed by atoms with Crippen LogP contribution in [0.25, 0.3) is 0 Å². The maximum absolute atomic E-state index is 12.0. The largest absolute Gasteiger partial charge is 0.348 e. The monoisotopic (exact) mass is 368 g/mol. The van der Waals surface area contributed by atoms with E-state index in [1.807, 2.05) is 13.8 Å². The number of hydrogen-bond acceptors (Lipinski definition) is 3. The molecule has 5 nitrogen and oxygen atoms in total. The summed E-state index contributed by atoms with van der Waals surface area (Å²) in [6.07, 6.45) is 14.8. The maximum atomic E-state index is 12.0. The van der Waals surface area contributed by atoms with E-state index in [2.05, 4.69) is 17.6 Å². The zero-order chi connectivity index (χ0) is 19.6. The average Bonchev–Trinajstić information content (AvgIpc) is 2.61. The predicted molar refractivity (Wildman–Crippen MR) is 107 cm³/mol. The highest BCUT2D eigenvalue weighted by Gasteiger charge is 2.23. The molecule has 152 valence electrons. The van der Waals surface area contributed by atoms with Crippen molar-refractivity contribution in [3.63, 3.8) is 0 Å². The summed E-state index contributed by atoms with van der Waals surface area (Å²) < 4.78 is 0. The molecular weight excluding hydrogens is 328 g/mol. The number of aldehydes is 1. The third kappa shape index (κ3) is 13.9. The molecule has 0 radical (unpaired) electrons. The molecule has 0 unspecified atom stereocenters. The van der Waals surface area contributed by atoms with E-state index in [-0.39, 0.29) is 24.3 Å². The van der Waals surface area contributed by atoms with Crippen molar-refractivity contribution < 1.29 is 14.4 Å². The molecule has 2 amide bonds. The molecule has 26 heavy (non-hydrogen) atoms. The topological polar surface area (TPSA) is 75.3 Å². The van der Waals surface area contributed by atoms with Crippen molar-refractivity contribution in [2.45, 2.75) is 104 Å². The van der Waals surface area contributed by atoms with Crippen molar-refractivity contribution in [2.75, 3.05) is 6.54 Å². The standard InChI is InChI=1S/C21H40N2O3/c1-4-5-6-7-8-9-10-11-12-13-14-15-19(25)23-20(18(2)3)21(26)22-16-17-24/h17-18,20H,4-16H2,1-3H3,(H,22,26)(H,23,25)/t20-/m0/s1. The van der Waals surface area contributed by atoms with E-state index in [9.17, 15) is 14.4 Å². The summed E-state index contributed by atoms with van der Waals surface area (Å²) in [7, 11) is 0. The van der Waals surface area contributed by atoms with Crippen molar-refractivity contribution in [3.05, 3.63) is 0 Å². The number of carbonyl (C=O) groups excluding carboxylic acids is 3. The van der Waals surface area contributed by atoms with E-state index < -0.39 is 6.04 Å². The highest BCUT2D eigenvalue weighted by atomic mass is 16.2. The lowest BCUT2D eigenvalue weighted by atomic mass is 10.0. The van der Waals surface area contributed by atoms with Crippen LogP contribution in [0.5, 0.6) is 0 Å². The number of rotatable bonds is 17. The van der Waals surface area contributed by atoms with Gasteiger partial charge in [0.15, 0.2) is 0 Å². The van der Waals surface area contributed by atoms with Crippen molar-refractivity contribution in [2.24, 2.45) is 5.92 Å². The first-order valence-electron chi connectivity index (χ1n) is 10.5. The molecule has 0 fully saturated rings. The molecule has 0 spiro atoms. The summed E-state index contributed by atoms with van der Waals surface area (Å²) >= 11 is 0. The summed E-state index contributed by atoms with van der Waals surface area (Å²) in [5.74, 6) is -0.386. The van der Waals surface area contributed by atoms with E-state index in [1.165, 1.54) is 57.8 Å². The Balaban J connectivity index is 3.71. The van der Waals surface area contributed by atoms with Gasteiger partial charge in [0.05, 0.1) is 6.54 Å². The van der Waals surface area contributed by atoms with Gasteiger partial charge in [0.2, 0.25) is 11.8 Å². The number of hydrogen-bond donors (Lipinski definition) is 2.